The maximum Gasteiger partial charge on any atom is 0.307 e. The molecule has 1 N–H and O–H groups in total. The van der Waals surface area contributed by atoms with E-state index < -0.39 is 52.4 Å². The third-order valence-electron chi connectivity index (χ3n) is 3.60. The van der Waals surface area contributed by atoms with Gasteiger partial charge in [-0.15, -0.1) is 0 Å². The Balaban J connectivity index is 2.77. The first-order valence-electron chi connectivity index (χ1n) is 9.54. The lowest BCUT2D eigenvalue weighted by Crippen LogP contribution is -2.08. The molecule has 0 bridgehead atoms. The fraction of sp³-hybridized carbons (Fsp3) is 0.222. The van der Waals surface area contributed by atoms with Gasteiger partial charge in [0.2, 0.25) is 5.43 Å². The summed E-state index contributed by atoms with van der Waals surface area (Å²) in [7, 11) is 0. The minimum absolute atomic E-state index is 0.0602. The molecule has 4 heteroatoms. The van der Waals surface area contributed by atoms with E-state index in [9.17, 15) is 14.7 Å². The summed E-state index contributed by atoms with van der Waals surface area (Å²) in [5.74, 6) is -1.83. The molecule has 22 heavy (non-hydrogen) atoms. The molecule has 1 heterocycles. The molecule has 0 amide bonds. The van der Waals surface area contributed by atoms with E-state index in [4.69, 9.17) is 12.6 Å². The van der Waals surface area contributed by atoms with E-state index in [0.29, 0.717) is 11.1 Å². The van der Waals surface area contributed by atoms with E-state index >= 15 is 0 Å². The largest absolute Gasteiger partial charge is 0.481 e. The maximum atomic E-state index is 13.1. The number of aryl methyl sites for hydroxylation is 1. The highest BCUT2D eigenvalue weighted by molar-refractivity contribution is 5.94. The molecular formula is C18H16O4. The van der Waals surface area contributed by atoms with Gasteiger partial charge in [0.05, 0.1) is 22.6 Å². The second kappa shape index (κ2) is 4.98. The van der Waals surface area contributed by atoms with Crippen LogP contribution in [0.5, 0.6) is 0 Å². The van der Waals surface area contributed by atoms with Crippen molar-refractivity contribution < 1.29 is 22.5 Å². The van der Waals surface area contributed by atoms with E-state index in [1.165, 1.54) is 6.92 Å². The molecule has 0 spiro atoms. The van der Waals surface area contributed by atoms with E-state index in [0.717, 1.165) is 0 Å². The number of carboxylic acid groups (broad SMARTS) is 1. The Hall–Kier alpha value is -2.62. The van der Waals surface area contributed by atoms with Gasteiger partial charge in [-0.2, -0.15) is 0 Å². The Kier molecular flexibility index (Phi) is 1.98. The van der Waals surface area contributed by atoms with Crippen molar-refractivity contribution in [2.45, 2.75) is 27.1 Å². The average molecular weight is 302 g/mol. The molecule has 4 nitrogen and oxygen atoms in total. The zero-order valence-electron chi connectivity index (χ0n) is 18.2. The van der Waals surface area contributed by atoms with Crippen molar-refractivity contribution in [2.75, 3.05) is 0 Å². The predicted molar refractivity (Wildman–Crippen MR) is 85.5 cm³/mol. The number of hydrogen-bond acceptors (Lipinski definition) is 3. The number of carbonyl (C=O) groups is 1. The average Bonchev–Trinajstić information content (AvgIpc) is 2.62. The molecular weight excluding hydrogens is 280 g/mol. The minimum Gasteiger partial charge on any atom is -0.481 e. The molecule has 3 rings (SSSR count). The van der Waals surface area contributed by atoms with Gasteiger partial charge in [0, 0.05) is 8.30 Å². The van der Waals surface area contributed by atoms with Crippen LogP contribution in [0.1, 0.15) is 30.5 Å². The van der Waals surface area contributed by atoms with Crippen molar-refractivity contribution >= 4 is 27.9 Å². The second-order valence-corrected chi connectivity index (χ2v) is 5.02. The topological polar surface area (TPSA) is 67.5 Å². The van der Waals surface area contributed by atoms with Crippen LogP contribution in [-0.4, -0.2) is 11.1 Å². The highest BCUT2D eigenvalue weighted by Gasteiger charge is 2.16. The van der Waals surface area contributed by atoms with Gasteiger partial charge in [0.1, 0.15) is 11.2 Å². The van der Waals surface area contributed by atoms with Crippen molar-refractivity contribution in [2.24, 2.45) is 0 Å². The van der Waals surface area contributed by atoms with Gasteiger partial charge in [0.25, 0.3) is 0 Å². The van der Waals surface area contributed by atoms with Crippen LogP contribution in [0.25, 0.3) is 21.9 Å². The van der Waals surface area contributed by atoms with Gasteiger partial charge in [-0.1, -0.05) is 12.1 Å². The van der Waals surface area contributed by atoms with Crippen LogP contribution in [0.15, 0.2) is 33.4 Å². The zero-order chi connectivity index (χ0) is 21.3. The van der Waals surface area contributed by atoms with Gasteiger partial charge < -0.3 is 9.52 Å². The third kappa shape index (κ3) is 2.08. The van der Waals surface area contributed by atoms with Crippen molar-refractivity contribution in [3.8, 4) is 0 Å². The second-order valence-electron chi connectivity index (χ2n) is 5.02. The van der Waals surface area contributed by atoms with E-state index in [2.05, 4.69) is 0 Å². The monoisotopic (exact) mass is 302 g/mol. The molecule has 112 valence electrons. The molecule has 0 aliphatic carbocycles. The smallest absolute Gasteiger partial charge is 0.307 e. The molecule has 3 aromatic rings. The Morgan fingerprint density at radius 3 is 2.36 bits per heavy atom. The predicted octanol–water partition coefficient (Wildman–Crippen LogP) is 3.50. The number of fused-ring (bicyclic) bond motifs is 2. The lowest BCUT2D eigenvalue weighted by molar-refractivity contribution is -0.136. The molecule has 0 radical (unpaired) electrons. The zero-order valence-corrected chi connectivity index (χ0v) is 12.2. The molecule has 0 saturated heterocycles. The summed E-state index contributed by atoms with van der Waals surface area (Å²) >= 11 is 0. The van der Waals surface area contributed by atoms with Crippen molar-refractivity contribution in [1.29, 1.82) is 0 Å². The van der Waals surface area contributed by atoms with Crippen molar-refractivity contribution in [1.82, 2.24) is 0 Å². The van der Waals surface area contributed by atoms with Gasteiger partial charge >= 0.3 is 5.97 Å². The Labute approximate surface area is 135 Å². The summed E-state index contributed by atoms with van der Waals surface area (Å²) in [6.45, 7) is 4.44. The fourth-order valence-electron chi connectivity index (χ4n) is 2.27. The van der Waals surface area contributed by atoms with Gasteiger partial charge in [-0.05, 0) is 49.5 Å². The lowest BCUT2D eigenvalue weighted by Gasteiger charge is -2.10. The molecule has 0 aliphatic heterocycles. The quantitative estimate of drug-likeness (QED) is 0.736. The van der Waals surface area contributed by atoms with Crippen LogP contribution in [-0.2, 0) is 11.2 Å². The van der Waals surface area contributed by atoms with Gasteiger partial charge in [-0.3, -0.25) is 9.59 Å². The first kappa shape index (κ1) is 8.73. The summed E-state index contributed by atoms with van der Waals surface area (Å²) in [5, 5.41) is 8.62. The SMILES string of the molecule is [2H]c1c(C)c(C)c2oc3c(C([2H])([2H])C(=O)O)c(C)c([2H])c([2H])c3c(=O)c2c1[2H]. The first-order chi connectivity index (χ1) is 12.8. The Bertz CT molecular complexity index is 1260. The third-order valence-corrected chi connectivity index (χ3v) is 3.60. The summed E-state index contributed by atoms with van der Waals surface area (Å²) in [6, 6.07) is -1.62. The highest BCUT2D eigenvalue weighted by atomic mass is 16.4. The number of benzene rings is 2. The van der Waals surface area contributed by atoms with Gasteiger partial charge in [0.15, 0.2) is 0 Å². The van der Waals surface area contributed by atoms with Crippen LogP contribution in [0.2, 0.25) is 0 Å². The molecule has 0 atom stereocenters. The van der Waals surface area contributed by atoms with E-state index in [-0.39, 0.29) is 22.6 Å². The minimum atomic E-state index is -2.97. The Morgan fingerprint density at radius 1 is 1.14 bits per heavy atom. The van der Waals surface area contributed by atoms with Crippen LogP contribution in [0.4, 0.5) is 0 Å². The lowest BCUT2D eigenvalue weighted by atomic mass is 9.99. The summed E-state index contributed by atoms with van der Waals surface area (Å²) in [4.78, 5) is 24.6. The van der Waals surface area contributed by atoms with Crippen molar-refractivity contribution in [3.05, 3.63) is 56.6 Å². The summed E-state index contributed by atoms with van der Waals surface area (Å²) in [5.41, 5.74) is -1.20. The summed E-state index contributed by atoms with van der Waals surface area (Å²) < 4.78 is 54.0. The number of aliphatic carboxylic acids is 1. The Morgan fingerprint density at radius 2 is 1.73 bits per heavy atom. The van der Waals surface area contributed by atoms with E-state index in [1.807, 2.05) is 0 Å². The number of hydrogen-bond donors (Lipinski definition) is 1. The van der Waals surface area contributed by atoms with Gasteiger partial charge in [-0.25, -0.2) is 0 Å². The van der Waals surface area contributed by atoms with Crippen molar-refractivity contribution in [3.63, 3.8) is 0 Å². The van der Waals surface area contributed by atoms with Crippen LogP contribution in [0, 0.1) is 20.8 Å². The van der Waals surface area contributed by atoms with Crippen LogP contribution in [0.3, 0.4) is 0 Å². The van der Waals surface area contributed by atoms with E-state index in [1.54, 1.807) is 13.8 Å². The number of carboxylic acids is 1. The maximum absolute atomic E-state index is 13.1. The first-order valence-corrected chi connectivity index (χ1v) is 6.54. The molecule has 0 unspecified atom stereocenters. The van der Waals surface area contributed by atoms with Crippen LogP contribution >= 0.6 is 0 Å². The molecule has 1 aromatic heterocycles. The standard InChI is InChI=1S/C18H16O4/c1-9-4-6-12-16(21)13-7-5-10(2)14(8-15(19)20)18(13)22-17(12)11(9)3/h4-7H,8H2,1-3H3,(H,19,20)/i4D,5D,6D,7D,8D2. The summed E-state index contributed by atoms with van der Waals surface area (Å²) in [6.07, 6.45) is -2.97. The molecule has 0 saturated carbocycles. The molecule has 0 fully saturated rings. The molecule has 2 aromatic carbocycles. The highest BCUT2D eigenvalue weighted by Crippen LogP contribution is 2.27. The van der Waals surface area contributed by atoms with Crippen LogP contribution < -0.4 is 5.43 Å². The normalized spacial score (nSPS) is 15.8. The fourth-order valence-corrected chi connectivity index (χ4v) is 2.27. The molecule has 0 aliphatic rings. The number of rotatable bonds is 2.